The summed E-state index contributed by atoms with van der Waals surface area (Å²) in [7, 11) is 0. The first-order chi connectivity index (χ1) is 33.7. The van der Waals surface area contributed by atoms with Gasteiger partial charge in [0.2, 0.25) is 5.91 Å². The zero-order chi connectivity index (χ0) is 49.2. The van der Waals surface area contributed by atoms with Crippen molar-refractivity contribution in [1.29, 1.82) is 0 Å². The largest absolute Gasteiger partial charge is 0.394 e. The Balaban J connectivity index is 3.53. The summed E-state index contributed by atoms with van der Waals surface area (Å²) in [5.74, 6) is -0.0349. The normalized spacial score (nSPS) is 13.6. The third-order valence-electron chi connectivity index (χ3n) is 12.8. The van der Waals surface area contributed by atoms with Crippen LogP contribution in [0.25, 0.3) is 0 Å². The fourth-order valence-corrected chi connectivity index (χ4v) is 8.41. The van der Waals surface area contributed by atoms with Crippen molar-refractivity contribution in [1.82, 2.24) is 5.32 Å². The minimum Gasteiger partial charge on any atom is -0.394 e. The molecule has 0 aromatic heterocycles. The van der Waals surface area contributed by atoms with Crippen molar-refractivity contribution >= 4 is 5.91 Å². The van der Waals surface area contributed by atoms with Gasteiger partial charge in [-0.15, -0.1) is 0 Å². The van der Waals surface area contributed by atoms with Crippen LogP contribution < -0.4 is 5.32 Å². The van der Waals surface area contributed by atoms with E-state index < -0.39 is 12.1 Å². The first-order valence-corrected chi connectivity index (χ1v) is 29.1. The summed E-state index contributed by atoms with van der Waals surface area (Å²) in [4.78, 5) is 12.5. The summed E-state index contributed by atoms with van der Waals surface area (Å²) in [6.45, 7) is 4.25. The standard InChI is InChI=1S/C64H111NO3/c1-3-5-7-9-11-13-15-17-19-20-21-22-23-24-25-26-27-28-29-30-31-32-33-34-35-36-37-38-39-40-41-42-43-44-46-48-50-52-54-56-58-60-64(68)65-62(61-66)63(67)59-57-55-53-51-49-47-45-18-16-14-12-10-8-6-4-2/h5,7,11,13,17,19,21-22,24-25,27-28,30-31,33-34,36-37,62-63,66-67H,3-4,6,8-10,12,14-16,18,20,23,26,29,32,35,38-61H2,1-2H3,(H,65,68)/b7-5-,13-11-,19-17-,22-21-,25-24-,28-27-,31-30-,34-33-,37-36-. The SMILES string of the molecule is CC/C=C\C/C=C\C/C=C\C/C=C\C/C=C\C/C=C\C/C=C\C/C=C\C/C=C\CCCCCCCCCCCCCCCC(=O)NC(CO)C(O)CCCCCCCCCCCCCCCCC. The van der Waals surface area contributed by atoms with Crippen LogP contribution in [0.3, 0.4) is 0 Å². The lowest BCUT2D eigenvalue weighted by atomic mass is 10.0. The maximum atomic E-state index is 12.5. The Morgan fingerprint density at radius 1 is 0.368 bits per heavy atom. The minimum absolute atomic E-state index is 0.0349. The second-order valence-electron chi connectivity index (χ2n) is 19.3. The Bertz CT molecular complexity index is 1300. The van der Waals surface area contributed by atoms with Gasteiger partial charge in [-0.25, -0.2) is 0 Å². The fraction of sp³-hybridized carbons (Fsp3) is 0.703. The predicted octanol–water partition coefficient (Wildman–Crippen LogP) is 19.5. The van der Waals surface area contributed by atoms with Gasteiger partial charge in [0.05, 0.1) is 18.8 Å². The predicted molar refractivity (Wildman–Crippen MR) is 303 cm³/mol. The van der Waals surface area contributed by atoms with Gasteiger partial charge in [-0.1, -0.05) is 290 Å². The van der Waals surface area contributed by atoms with Crippen molar-refractivity contribution in [2.75, 3.05) is 6.61 Å². The molecule has 1 amide bonds. The van der Waals surface area contributed by atoms with Crippen LogP contribution in [-0.4, -0.2) is 34.9 Å². The van der Waals surface area contributed by atoms with Crippen LogP contribution in [0.15, 0.2) is 109 Å². The number of aliphatic hydroxyl groups excluding tert-OH is 2. The average Bonchev–Trinajstić information content (AvgIpc) is 3.34. The maximum absolute atomic E-state index is 12.5. The highest BCUT2D eigenvalue weighted by Gasteiger charge is 2.20. The molecule has 0 aromatic rings. The molecule has 4 nitrogen and oxygen atoms in total. The Kier molecular flexibility index (Phi) is 55.8. The first-order valence-electron chi connectivity index (χ1n) is 29.1. The van der Waals surface area contributed by atoms with Crippen molar-refractivity contribution in [2.45, 2.75) is 283 Å². The summed E-state index contributed by atoms with van der Waals surface area (Å²) in [6.07, 6.45) is 87.9. The van der Waals surface area contributed by atoms with Crippen molar-refractivity contribution in [3.05, 3.63) is 109 Å². The topological polar surface area (TPSA) is 69.6 Å². The molecule has 0 radical (unpaired) electrons. The van der Waals surface area contributed by atoms with Gasteiger partial charge in [0.15, 0.2) is 0 Å². The monoisotopic (exact) mass is 942 g/mol. The number of amides is 1. The van der Waals surface area contributed by atoms with Crippen LogP contribution in [0, 0.1) is 0 Å². The summed E-state index contributed by atoms with van der Waals surface area (Å²) in [5.41, 5.74) is 0. The molecule has 0 aliphatic rings. The highest BCUT2D eigenvalue weighted by molar-refractivity contribution is 5.76. The van der Waals surface area contributed by atoms with Gasteiger partial charge in [-0.2, -0.15) is 0 Å². The molecule has 3 N–H and O–H groups in total. The molecule has 4 heteroatoms. The van der Waals surface area contributed by atoms with Crippen molar-refractivity contribution < 1.29 is 15.0 Å². The molecule has 0 fully saturated rings. The minimum atomic E-state index is -0.665. The lowest BCUT2D eigenvalue weighted by Gasteiger charge is -2.22. The zero-order valence-corrected chi connectivity index (χ0v) is 44.8. The second-order valence-corrected chi connectivity index (χ2v) is 19.3. The molecule has 0 rings (SSSR count). The Labute approximate surface area is 423 Å². The van der Waals surface area contributed by atoms with E-state index in [-0.39, 0.29) is 12.5 Å². The van der Waals surface area contributed by atoms with Crippen LogP contribution in [-0.2, 0) is 4.79 Å². The number of hydrogen-bond donors (Lipinski definition) is 3. The van der Waals surface area contributed by atoms with E-state index in [9.17, 15) is 15.0 Å². The van der Waals surface area contributed by atoms with Crippen molar-refractivity contribution in [3.8, 4) is 0 Å². The maximum Gasteiger partial charge on any atom is 0.220 e. The van der Waals surface area contributed by atoms with E-state index in [4.69, 9.17) is 0 Å². The molecule has 2 unspecified atom stereocenters. The number of aliphatic hydroxyl groups is 2. The van der Waals surface area contributed by atoms with Gasteiger partial charge in [0, 0.05) is 6.42 Å². The van der Waals surface area contributed by atoms with E-state index in [1.165, 1.54) is 161 Å². The molecule has 0 aliphatic heterocycles. The van der Waals surface area contributed by atoms with E-state index in [2.05, 4.69) is 129 Å². The van der Waals surface area contributed by atoms with Crippen LogP contribution in [0.5, 0.6) is 0 Å². The average molecular weight is 943 g/mol. The van der Waals surface area contributed by atoms with Gasteiger partial charge in [-0.05, 0) is 83.5 Å². The molecule has 2 atom stereocenters. The van der Waals surface area contributed by atoms with E-state index >= 15 is 0 Å². The lowest BCUT2D eigenvalue weighted by molar-refractivity contribution is -0.123. The number of rotatable bonds is 52. The molecule has 0 spiro atoms. The highest BCUT2D eigenvalue weighted by atomic mass is 16.3. The Hall–Kier alpha value is -2.95. The molecule has 68 heavy (non-hydrogen) atoms. The van der Waals surface area contributed by atoms with Gasteiger partial charge in [0.25, 0.3) is 0 Å². The van der Waals surface area contributed by atoms with Crippen LogP contribution >= 0.6 is 0 Å². The third kappa shape index (κ3) is 54.0. The van der Waals surface area contributed by atoms with E-state index in [1.807, 2.05) is 0 Å². The number of allylic oxidation sites excluding steroid dienone is 18. The molecule has 390 valence electrons. The number of carbonyl (C=O) groups excluding carboxylic acids is 1. The summed E-state index contributed by atoms with van der Waals surface area (Å²) in [6, 6.07) is -0.542. The van der Waals surface area contributed by atoms with E-state index in [0.717, 1.165) is 83.5 Å². The molecular weight excluding hydrogens is 831 g/mol. The molecule has 0 aliphatic carbocycles. The van der Waals surface area contributed by atoms with Crippen molar-refractivity contribution in [3.63, 3.8) is 0 Å². The zero-order valence-electron chi connectivity index (χ0n) is 44.8. The van der Waals surface area contributed by atoms with Gasteiger partial charge in [-0.3, -0.25) is 4.79 Å². The molecule has 0 saturated carbocycles. The third-order valence-corrected chi connectivity index (χ3v) is 12.8. The smallest absolute Gasteiger partial charge is 0.220 e. The van der Waals surface area contributed by atoms with Crippen LogP contribution in [0.1, 0.15) is 271 Å². The molecule has 0 saturated heterocycles. The molecule has 0 bridgehead atoms. The summed E-state index contributed by atoms with van der Waals surface area (Å²) < 4.78 is 0. The van der Waals surface area contributed by atoms with Gasteiger partial charge >= 0.3 is 0 Å². The highest BCUT2D eigenvalue weighted by Crippen LogP contribution is 2.16. The Morgan fingerprint density at radius 2 is 0.647 bits per heavy atom. The van der Waals surface area contributed by atoms with Crippen LogP contribution in [0.2, 0.25) is 0 Å². The van der Waals surface area contributed by atoms with E-state index in [0.29, 0.717) is 12.8 Å². The number of carbonyl (C=O) groups is 1. The summed E-state index contributed by atoms with van der Waals surface area (Å²) >= 11 is 0. The van der Waals surface area contributed by atoms with Gasteiger partial charge < -0.3 is 15.5 Å². The van der Waals surface area contributed by atoms with E-state index in [1.54, 1.807) is 0 Å². The number of unbranched alkanes of at least 4 members (excludes halogenated alkanes) is 27. The molecule has 0 heterocycles. The second kappa shape index (κ2) is 58.4. The lowest BCUT2D eigenvalue weighted by Crippen LogP contribution is -2.45. The Morgan fingerprint density at radius 3 is 0.971 bits per heavy atom. The molecular formula is C64H111NO3. The van der Waals surface area contributed by atoms with Crippen molar-refractivity contribution in [2.24, 2.45) is 0 Å². The quantitative estimate of drug-likeness (QED) is 0.0420. The fourth-order valence-electron chi connectivity index (χ4n) is 8.41. The number of nitrogens with one attached hydrogen (secondary N) is 1. The van der Waals surface area contributed by atoms with Crippen LogP contribution in [0.4, 0.5) is 0 Å². The first kappa shape index (κ1) is 65.0. The van der Waals surface area contributed by atoms with Gasteiger partial charge in [0.1, 0.15) is 0 Å². The number of hydrogen-bond acceptors (Lipinski definition) is 3. The summed E-state index contributed by atoms with van der Waals surface area (Å²) in [5, 5.41) is 23.3. The molecule has 0 aromatic carbocycles.